The molecule has 2 aliphatic rings. The minimum atomic E-state index is 0.373. The van der Waals surface area contributed by atoms with Crippen molar-refractivity contribution in [2.75, 3.05) is 19.6 Å². The second kappa shape index (κ2) is 6.19. The molecule has 1 saturated heterocycles. The first-order valence-corrected chi connectivity index (χ1v) is 7.76. The molecule has 2 unspecified atom stereocenters. The number of rotatable bonds is 3. The van der Waals surface area contributed by atoms with E-state index in [4.69, 9.17) is 5.73 Å². The van der Waals surface area contributed by atoms with E-state index in [1.807, 2.05) is 0 Å². The molecular formula is C15H30N2. The van der Waals surface area contributed by atoms with E-state index in [9.17, 15) is 0 Å². The molecule has 0 aromatic carbocycles. The highest BCUT2D eigenvalue weighted by Crippen LogP contribution is 2.40. The molecule has 2 heteroatoms. The third-order valence-corrected chi connectivity index (χ3v) is 5.17. The average Bonchev–Trinajstić information content (AvgIpc) is 2.73. The molecule has 0 aromatic heterocycles. The van der Waals surface area contributed by atoms with Gasteiger partial charge in [-0.05, 0) is 51.1 Å². The van der Waals surface area contributed by atoms with Crippen LogP contribution in [0.3, 0.4) is 0 Å². The van der Waals surface area contributed by atoms with E-state index in [0.29, 0.717) is 5.54 Å². The second-order valence-electron chi connectivity index (χ2n) is 6.20. The Kier molecular flexibility index (Phi) is 4.87. The van der Waals surface area contributed by atoms with E-state index in [-0.39, 0.29) is 0 Å². The zero-order valence-corrected chi connectivity index (χ0v) is 11.6. The minimum absolute atomic E-state index is 0.373. The van der Waals surface area contributed by atoms with Gasteiger partial charge in [-0.1, -0.05) is 32.6 Å². The molecule has 100 valence electrons. The lowest BCUT2D eigenvalue weighted by Crippen LogP contribution is -2.53. The van der Waals surface area contributed by atoms with Crippen LogP contribution >= 0.6 is 0 Å². The second-order valence-corrected chi connectivity index (χ2v) is 6.20. The first-order chi connectivity index (χ1) is 8.30. The van der Waals surface area contributed by atoms with Crippen molar-refractivity contribution >= 4 is 0 Å². The van der Waals surface area contributed by atoms with E-state index < -0.39 is 0 Å². The van der Waals surface area contributed by atoms with Crippen LogP contribution in [0.1, 0.15) is 64.7 Å². The maximum atomic E-state index is 6.16. The Morgan fingerprint density at radius 3 is 2.29 bits per heavy atom. The van der Waals surface area contributed by atoms with Crippen molar-refractivity contribution in [1.82, 2.24) is 4.90 Å². The van der Waals surface area contributed by atoms with Gasteiger partial charge < -0.3 is 5.73 Å². The third kappa shape index (κ3) is 3.03. The molecule has 2 nitrogen and oxygen atoms in total. The Morgan fingerprint density at radius 1 is 1.12 bits per heavy atom. The third-order valence-electron chi connectivity index (χ3n) is 5.17. The quantitative estimate of drug-likeness (QED) is 0.818. The zero-order chi connectivity index (χ0) is 12.1. The van der Waals surface area contributed by atoms with Crippen molar-refractivity contribution in [3.05, 3.63) is 0 Å². The van der Waals surface area contributed by atoms with Crippen molar-refractivity contribution in [1.29, 1.82) is 0 Å². The van der Waals surface area contributed by atoms with Crippen LogP contribution in [0.25, 0.3) is 0 Å². The number of nitrogens with zero attached hydrogens (tertiary/aromatic N) is 1. The summed E-state index contributed by atoms with van der Waals surface area (Å²) < 4.78 is 0. The molecule has 0 bridgehead atoms. The van der Waals surface area contributed by atoms with E-state index in [1.165, 1.54) is 70.9 Å². The summed E-state index contributed by atoms with van der Waals surface area (Å²) in [5.74, 6) is 0.934. The molecule has 1 saturated carbocycles. The monoisotopic (exact) mass is 238 g/mol. The van der Waals surface area contributed by atoms with Gasteiger partial charge in [0.05, 0.1) is 0 Å². The van der Waals surface area contributed by atoms with Gasteiger partial charge in [-0.25, -0.2) is 0 Å². The Labute approximate surface area is 107 Å². The van der Waals surface area contributed by atoms with Gasteiger partial charge in [0.1, 0.15) is 0 Å². The van der Waals surface area contributed by atoms with Crippen molar-refractivity contribution in [3.8, 4) is 0 Å². The van der Waals surface area contributed by atoms with Crippen molar-refractivity contribution in [2.24, 2.45) is 11.7 Å². The summed E-state index contributed by atoms with van der Waals surface area (Å²) in [5.41, 5.74) is 6.54. The smallest absolute Gasteiger partial charge is 0.0334 e. The van der Waals surface area contributed by atoms with Crippen LogP contribution in [-0.2, 0) is 0 Å². The molecule has 0 spiro atoms. The van der Waals surface area contributed by atoms with Crippen LogP contribution in [0.2, 0.25) is 0 Å². The Balaban J connectivity index is 2.00. The van der Waals surface area contributed by atoms with Crippen LogP contribution in [-0.4, -0.2) is 30.1 Å². The van der Waals surface area contributed by atoms with Gasteiger partial charge in [0.25, 0.3) is 0 Å². The van der Waals surface area contributed by atoms with Crippen LogP contribution in [0.15, 0.2) is 0 Å². The van der Waals surface area contributed by atoms with Crippen molar-refractivity contribution < 1.29 is 0 Å². The van der Waals surface area contributed by atoms with Gasteiger partial charge in [-0.15, -0.1) is 0 Å². The van der Waals surface area contributed by atoms with Crippen molar-refractivity contribution in [3.63, 3.8) is 0 Å². The topological polar surface area (TPSA) is 29.3 Å². The van der Waals surface area contributed by atoms with Gasteiger partial charge in [-0.2, -0.15) is 0 Å². The normalized spacial score (nSPS) is 36.7. The molecule has 2 fully saturated rings. The number of likely N-dealkylation sites (tertiary alicyclic amines) is 1. The van der Waals surface area contributed by atoms with Gasteiger partial charge >= 0.3 is 0 Å². The zero-order valence-electron chi connectivity index (χ0n) is 11.6. The average molecular weight is 238 g/mol. The van der Waals surface area contributed by atoms with E-state index >= 15 is 0 Å². The van der Waals surface area contributed by atoms with E-state index in [0.717, 1.165) is 12.5 Å². The molecule has 0 radical (unpaired) electrons. The van der Waals surface area contributed by atoms with Gasteiger partial charge in [0.2, 0.25) is 0 Å². The molecule has 2 rings (SSSR count). The fourth-order valence-electron chi connectivity index (χ4n) is 3.89. The molecule has 1 aliphatic heterocycles. The lowest BCUT2D eigenvalue weighted by atomic mass is 9.91. The standard InChI is InChI=1S/C15H30N2/c1-2-14-8-9-15(12-14,13-16)17-10-6-4-3-5-7-11-17/h14H,2-13,16H2,1H3. The summed E-state index contributed by atoms with van der Waals surface area (Å²) in [6, 6.07) is 0. The SMILES string of the molecule is CCC1CCC(CN)(N2CCCCCCC2)C1. The summed E-state index contributed by atoms with van der Waals surface area (Å²) >= 11 is 0. The van der Waals surface area contributed by atoms with Crippen LogP contribution in [0.5, 0.6) is 0 Å². The largest absolute Gasteiger partial charge is 0.329 e. The number of nitrogens with two attached hydrogens (primary N) is 1. The van der Waals surface area contributed by atoms with E-state index in [1.54, 1.807) is 0 Å². The van der Waals surface area contributed by atoms with Crippen molar-refractivity contribution in [2.45, 2.75) is 70.3 Å². The van der Waals surface area contributed by atoms with E-state index in [2.05, 4.69) is 11.8 Å². The molecule has 0 aromatic rings. The molecule has 1 heterocycles. The van der Waals surface area contributed by atoms with Gasteiger partial charge in [0.15, 0.2) is 0 Å². The molecule has 1 aliphatic carbocycles. The van der Waals surface area contributed by atoms with Gasteiger partial charge in [-0.3, -0.25) is 4.90 Å². The molecular weight excluding hydrogens is 208 g/mol. The Morgan fingerprint density at radius 2 is 1.76 bits per heavy atom. The minimum Gasteiger partial charge on any atom is -0.329 e. The van der Waals surface area contributed by atoms with Crippen LogP contribution < -0.4 is 5.73 Å². The number of hydrogen-bond acceptors (Lipinski definition) is 2. The number of hydrogen-bond donors (Lipinski definition) is 1. The van der Waals surface area contributed by atoms with Crippen LogP contribution in [0, 0.1) is 5.92 Å². The highest BCUT2D eigenvalue weighted by molar-refractivity contribution is 4.98. The fourth-order valence-corrected chi connectivity index (χ4v) is 3.89. The first kappa shape index (κ1) is 13.4. The Bertz CT molecular complexity index is 221. The predicted octanol–water partition coefficient (Wildman–Crippen LogP) is 3.16. The summed E-state index contributed by atoms with van der Waals surface area (Å²) in [7, 11) is 0. The molecule has 2 N–H and O–H groups in total. The highest BCUT2D eigenvalue weighted by Gasteiger charge is 2.41. The Hall–Kier alpha value is -0.0800. The van der Waals surface area contributed by atoms with Crippen LogP contribution in [0.4, 0.5) is 0 Å². The summed E-state index contributed by atoms with van der Waals surface area (Å²) in [4.78, 5) is 2.77. The fraction of sp³-hybridized carbons (Fsp3) is 1.00. The summed E-state index contributed by atoms with van der Waals surface area (Å²) in [6.45, 7) is 5.81. The summed E-state index contributed by atoms with van der Waals surface area (Å²) in [6.07, 6.45) is 12.5. The maximum Gasteiger partial charge on any atom is 0.0334 e. The van der Waals surface area contributed by atoms with Gasteiger partial charge in [0, 0.05) is 12.1 Å². The molecule has 2 atom stereocenters. The lowest BCUT2D eigenvalue weighted by Gasteiger charge is -2.42. The lowest BCUT2D eigenvalue weighted by molar-refractivity contribution is 0.0849. The first-order valence-electron chi connectivity index (χ1n) is 7.76. The molecule has 0 amide bonds. The molecule has 17 heavy (non-hydrogen) atoms. The summed E-state index contributed by atoms with van der Waals surface area (Å²) in [5, 5.41) is 0. The highest BCUT2D eigenvalue weighted by atomic mass is 15.2. The predicted molar refractivity (Wildman–Crippen MR) is 74.1 cm³/mol. The maximum absolute atomic E-state index is 6.16.